The summed E-state index contributed by atoms with van der Waals surface area (Å²) < 4.78 is 0.864. The standard InChI is InChI=1S/C14H13BrCl2N4/c15-12-9-18-14(17)19-13(12)21-6-4-20(5-7-21)11-3-1-2-10(16)8-11/h1-3,8-9H,4-7H2. The van der Waals surface area contributed by atoms with Crippen LogP contribution in [0.25, 0.3) is 0 Å². The molecule has 1 aliphatic rings. The van der Waals surface area contributed by atoms with Gasteiger partial charge in [-0.15, -0.1) is 0 Å². The molecule has 3 rings (SSSR count). The molecule has 0 aliphatic carbocycles. The van der Waals surface area contributed by atoms with E-state index in [2.05, 4.69) is 41.8 Å². The van der Waals surface area contributed by atoms with Crippen LogP contribution in [-0.2, 0) is 0 Å². The zero-order valence-electron chi connectivity index (χ0n) is 11.1. The van der Waals surface area contributed by atoms with Gasteiger partial charge in [-0.05, 0) is 45.7 Å². The zero-order valence-corrected chi connectivity index (χ0v) is 14.2. The highest BCUT2D eigenvalue weighted by molar-refractivity contribution is 9.10. The van der Waals surface area contributed by atoms with Crippen LogP contribution in [0, 0.1) is 0 Å². The third-order valence-electron chi connectivity index (χ3n) is 3.45. The Bertz CT molecular complexity index is 645. The molecule has 1 fully saturated rings. The van der Waals surface area contributed by atoms with E-state index in [1.54, 1.807) is 6.20 Å². The maximum atomic E-state index is 6.05. The number of anilines is 2. The predicted octanol–water partition coefficient (Wildman–Crippen LogP) is 3.87. The number of benzene rings is 1. The number of halogens is 3. The Morgan fingerprint density at radius 2 is 1.76 bits per heavy atom. The first kappa shape index (κ1) is 14.9. The molecule has 0 N–H and O–H groups in total. The number of piperazine rings is 1. The lowest BCUT2D eigenvalue weighted by Crippen LogP contribution is -2.47. The maximum Gasteiger partial charge on any atom is 0.224 e. The number of hydrogen-bond acceptors (Lipinski definition) is 4. The summed E-state index contributed by atoms with van der Waals surface area (Å²) >= 11 is 15.4. The lowest BCUT2D eigenvalue weighted by molar-refractivity contribution is 0.645. The summed E-state index contributed by atoms with van der Waals surface area (Å²) in [6.07, 6.45) is 1.69. The molecule has 0 spiro atoms. The van der Waals surface area contributed by atoms with Gasteiger partial charge in [0.1, 0.15) is 5.82 Å². The number of hydrogen-bond donors (Lipinski definition) is 0. The maximum absolute atomic E-state index is 6.05. The van der Waals surface area contributed by atoms with Crippen molar-refractivity contribution in [3.05, 3.63) is 45.2 Å². The first-order valence-corrected chi connectivity index (χ1v) is 8.12. The van der Waals surface area contributed by atoms with Crippen LogP contribution in [0.15, 0.2) is 34.9 Å². The van der Waals surface area contributed by atoms with E-state index < -0.39 is 0 Å². The molecular formula is C14H13BrCl2N4. The Labute approximate surface area is 141 Å². The van der Waals surface area contributed by atoms with Crippen molar-refractivity contribution in [2.45, 2.75) is 0 Å². The summed E-state index contributed by atoms with van der Waals surface area (Å²) in [6, 6.07) is 7.94. The van der Waals surface area contributed by atoms with Crippen LogP contribution >= 0.6 is 39.1 Å². The minimum atomic E-state index is 0.269. The van der Waals surface area contributed by atoms with E-state index in [-0.39, 0.29) is 5.28 Å². The monoisotopic (exact) mass is 386 g/mol. The van der Waals surface area contributed by atoms with Crippen LogP contribution < -0.4 is 9.80 Å². The van der Waals surface area contributed by atoms with Crippen molar-refractivity contribution in [2.75, 3.05) is 36.0 Å². The summed E-state index contributed by atoms with van der Waals surface area (Å²) in [4.78, 5) is 12.8. The second kappa shape index (κ2) is 6.38. The molecule has 1 aromatic carbocycles. The molecular weight excluding hydrogens is 375 g/mol. The van der Waals surface area contributed by atoms with Crippen molar-refractivity contribution in [1.29, 1.82) is 0 Å². The van der Waals surface area contributed by atoms with Crippen molar-refractivity contribution < 1.29 is 0 Å². The highest BCUT2D eigenvalue weighted by atomic mass is 79.9. The minimum absolute atomic E-state index is 0.269. The molecule has 1 aromatic heterocycles. The SMILES string of the molecule is Clc1cccc(N2CCN(c3nc(Cl)ncc3Br)CC2)c1. The van der Waals surface area contributed by atoms with Crippen LogP contribution in [-0.4, -0.2) is 36.1 Å². The summed E-state index contributed by atoms with van der Waals surface area (Å²) in [5.41, 5.74) is 1.15. The van der Waals surface area contributed by atoms with E-state index in [1.807, 2.05) is 18.2 Å². The van der Waals surface area contributed by atoms with Crippen molar-refractivity contribution >= 4 is 50.6 Å². The molecule has 0 unspecified atom stereocenters. The van der Waals surface area contributed by atoms with E-state index in [9.17, 15) is 0 Å². The predicted molar refractivity (Wildman–Crippen MR) is 90.6 cm³/mol. The van der Waals surface area contributed by atoms with Gasteiger partial charge >= 0.3 is 0 Å². The Balaban J connectivity index is 1.72. The van der Waals surface area contributed by atoms with Crippen LogP contribution in [0.3, 0.4) is 0 Å². The van der Waals surface area contributed by atoms with Crippen LogP contribution in [0.5, 0.6) is 0 Å². The van der Waals surface area contributed by atoms with E-state index in [4.69, 9.17) is 23.2 Å². The molecule has 0 atom stereocenters. The largest absolute Gasteiger partial charge is 0.368 e. The number of nitrogens with zero attached hydrogens (tertiary/aromatic N) is 4. The average molecular weight is 388 g/mol. The van der Waals surface area contributed by atoms with Crippen molar-refractivity contribution in [2.24, 2.45) is 0 Å². The van der Waals surface area contributed by atoms with Crippen LogP contribution in [0.2, 0.25) is 10.3 Å². The van der Waals surface area contributed by atoms with Gasteiger partial charge in [0, 0.05) is 43.1 Å². The van der Waals surface area contributed by atoms with E-state index in [0.717, 1.165) is 47.2 Å². The summed E-state index contributed by atoms with van der Waals surface area (Å²) in [5, 5.41) is 1.03. The van der Waals surface area contributed by atoms with E-state index in [0.29, 0.717) is 0 Å². The zero-order chi connectivity index (χ0) is 14.8. The van der Waals surface area contributed by atoms with Gasteiger partial charge in [-0.2, -0.15) is 4.98 Å². The number of rotatable bonds is 2. The second-order valence-corrected chi connectivity index (χ2v) is 6.39. The Hall–Kier alpha value is -1.04. The Morgan fingerprint density at radius 1 is 1.05 bits per heavy atom. The summed E-state index contributed by atoms with van der Waals surface area (Å²) in [7, 11) is 0. The lowest BCUT2D eigenvalue weighted by atomic mass is 10.2. The molecule has 110 valence electrons. The van der Waals surface area contributed by atoms with Crippen LogP contribution in [0.1, 0.15) is 0 Å². The first-order valence-electron chi connectivity index (χ1n) is 6.57. The van der Waals surface area contributed by atoms with Crippen LogP contribution in [0.4, 0.5) is 11.5 Å². The van der Waals surface area contributed by atoms with Crippen molar-refractivity contribution in [3.63, 3.8) is 0 Å². The first-order chi connectivity index (χ1) is 10.1. The van der Waals surface area contributed by atoms with Crippen molar-refractivity contribution in [1.82, 2.24) is 9.97 Å². The average Bonchev–Trinajstić information content (AvgIpc) is 2.50. The van der Waals surface area contributed by atoms with Gasteiger partial charge in [-0.1, -0.05) is 17.7 Å². The molecule has 0 bridgehead atoms. The molecule has 2 heterocycles. The normalized spacial score (nSPS) is 15.4. The summed E-state index contributed by atoms with van der Waals surface area (Å²) in [5.74, 6) is 0.848. The third kappa shape index (κ3) is 3.42. The third-order valence-corrected chi connectivity index (χ3v) is 4.43. The van der Waals surface area contributed by atoms with E-state index >= 15 is 0 Å². The van der Waals surface area contributed by atoms with Crippen molar-refractivity contribution in [3.8, 4) is 0 Å². The Morgan fingerprint density at radius 3 is 2.48 bits per heavy atom. The molecule has 0 amide bonds. The highest BCUT2D eigenvalue weighted by Gasteiger charge is 2.20. The molecule has 7 heteroatoms. The molecule has 21 heavy (non-hydrogen) atoms. The Kier molecular flexibility index (Phi) is 4.52. The van der Waals surface area contributed by atoms with Gasteiger partial charge in [-0.25, -0.2) is 4.98 Å². The highest BCUT2D eigenvalue weighted by Crippen LogP contribution is 2.27. The van der Waals surface area contributed by atoms with E-state index in [1.165, 1.54) is 0 Å². The van der Waals surface area contributed by atoms with Gasteiger partial charge < -0.3 is 9.80 Å². The fourth-order valence-corrected chi connectivity index (χ4v) is 3.16. The van der Waals surface area contributed by atoms with Gasteiger partial charge in [0.15, 0.2) is 0 Å². The lowest BCUT2D eigenvalue weighted by Gasteiger charge is -2.37. The quantitative estimate of drug-likeness (QED) is 0.732. The van der Waals surface area contributed by atoms with Gasteiger partial charge in [0.2, 0.25) is 5.28 Å². The molecule has 2 aromatic rings. The topological polar surface area (TPSA) is 32.3 Å². The molecule has 0 radical (unpaired) electrons. The second-order valence-electron chi connectivity index (χ2n) is 4.76. The fourth-order valence-electron chi connectivity index (χ4n) is 2.41. The minimum Gasteiger partial charge on any atom is -0.368 e. The smallest absolute Gasteiger partial charge is 0.224 e. The van der Waals surface area contributed by atoms with Gasteiger partial charge in [0.05, 0.1) is 4.47 Å². The molecule has 4 nitrogen and oxygen atoms in total. The molecule has 1 saturated heterocycles. The molecule has 1 aliphatic heterocycles. The van der Waals surface area contributed by atoms with Gasteiger partial charge in [-0.3, -0.25) is 0 Å². The number of aromatic nitrogens is 2. The fraction of sp³-hybridized carbons (Fsp3) is 0.286. The molecule has 0 saturated carbocycles. The summed E-state index contributed by atoms with van der Waals surface area (Å²) in [6.45, 7) is 3.57. The van der Waals surface area contributed by atoms with Gasteiger partial charge in [0.25, 0.3) is 0 Å².